The summed E-state index contributed by atoms with van der Waals surface area (Å²) in [5.74, 6) is -0.517. The van der Waals surface area contributed by atoms with Gasteiger partial charge in [0.05, 0.1) is 11.9 Å². The molecule has 1 radical (unpaired) electrons. The molecule has 4 heteroatoms. The van der Waals surface area contributed by atoms with E-state index in [2.05, 4.69) is 11.1 Å². The van der Waals surface area contributed by atoms with Crippen LogP contribution in [0.5, 0.6) is 0 Å². The largest absolute Gasteiger partial charge is 0.304 e. The molecule has 2 nitrogen and oxygen atoms in total. The number of aromatic nitrogens is 1. The number of nitriles is 1. The molecule has 1 heterocycles. The van der Waals surface area contributed by atoms with Crippen LogP contribution in [0.1, 0.15) is 30.5 Å². The second-order valence-electron chi connectivity index (χ2n) is 4.90. The van der Waals surface area contributed by atoms with Crippen molar-refractivity contribution in [3.63, 3.8) is 0 Å². The topological polar surface area (TPSA) is 36.7 Å². The normalized spacial score (nSPS) is 14.0. The maximum absolute atomic E-state index is 13.7. The molecule has 0 atom stereocenters. The SMILES string of the molecule is CC1(C)c2cccnc2-c2[c-]cc(F)c(C#N)c21.[Ir]. The van der Waals surface area contributed by atoms with Crippen molar-refractivity contribution in [1.82, 2.24) is 4.98 Å². The third kappa shape index (κ3) is 1.74. The summed E-state index contributed by atoms with van der Waals surface area (Å²) >= 11 is 0. The zero-order valence-electron chi connectivity index (χ0n) is 10.4. The summed E-state index contributed by atoms with van der Waals surface area (Å²) in [5, 5.41) is 9.17. The van der Waals surface area contributed by atoms with Gasteiger partial charge in [-0.1, -0.05) is 31.0 Å². The number of nitrogens with zero attached hydrogens (tertiary/aromatic N) is 2. The molecule has 0 saturated carbocycles. The second kappa shape index (κ2) is 4.52. The second-order valence-corrected chi connectivity index (χ2v) is 4.90. The molecule has 0 amide bonds. The van der Waals surface area contributed by atoms with Crippen LogP contribution in [0.25, 0.3) is 11.3 Å². The Morgan fingerprint density at radius 2 is 2.16 bits per heavy atom. The van der Waals surface area contributed by atoms with Crippen molar-refractivity contribution in [2.24, 2.45) is 0 Å². The first kappa shape index (κ1) is 13.9. The molecular formula is C15H10FIrN2-. The maximum Gasteiger partial charge on any atom is 0.0821 e. The van der Waals surface area contributed by atoms with Crippen LogP contribution < -0.4 is 0 Å². The van der Waals surface area contributed by atoms with Crippen LogP contribution in [0.3, 0.4) is 0 Å². The van der Waals surface area contributed by atoms with Crippen molar-refractivity contribution in [2.75, 3.05) is 0 Å². The first-order valence-corrected chi connectivity index (χ1v) is 5.68. The summed E-state index contributed by atoms with van der Waals surface area (Å²) in [4.78, 5) is 4.34. The maximum atomic E-state index is 13.7. The third-order valence-electron chi connectivity index (χ3n) is 3.54. The number of halogens is 1. The van der Waals surface area contributed by atoms with Crippen LogP contribution in [-0.4, -0.2) is 4.98 Å². The van der Waals surface area contributed by atoms with Crippen molar-refractivity contribution in [2.45, 2.75) is 19.3 Å². The van der Waals surface area contributed by atoms with Crippen LogP contribution in [0.15, 0.2) is 24.4 Å². The zero-order chi connectivity index (χ0) is 12.9. The van der Waals surface area contributed by atoms with Gasteiger partial charge in [-0.15, -0.1) is 17.7 Å². The van der Waals surface area contributed by atoms with Gasteiger partial charge in [-0.25, -0.2) is 0 Å². The number of hydrogen-bond acceptors (Lipinski definition) is 2. The van der Waals surface area contributed by atoms with Gasteiger partial charge < -0.3 is 4.98 Å². The van der Waals surface area contributed by atoms with E-state index in [0.29, 0.717) is 5.56 Å². The number of fused-ring (bicyclic) bond motifs is 3. The minimum atomic E-state index is -0.517. The number of hydrogen-bond donors (Lipinski definition) is 0. The van der Waals surface area contributed by atoms with Crippen molar-refractivity contribution >= 4 is 0 Å². The Balaban J connectivity index is 0.00000133. The fourth-order valence-electron chi connectivity index (χ4n) is 2.69. The van der Waals surface area contributed by atoms with Crippen molar-refractivity contribution in [1.29, 1.82) is 5.26 Å². The minimum Gasteiger partial charge on any atom is -0.304 e. The molecule has 0 saturated heterocycles. The van der Waals surface area contributed by atoms with Gasteiger partial charge in [0.1, 0.15) is 0 Å². The monoisotopic (exact) mass is 430 g/mol. The average Bonchev–Trinajstić information content (AvgIpc) is 2.60. The Morgan fingerprint density at radius 1 is 1.42 bits per heavy atom. The number of pyridine rings is 1. The van der Waals surface area contributed by atoms with Crippen LogP contribution in [0, 0.1) is 23.2 Å². The zero-order valence-corrected chi connectivity index (χ0v) is 12.8. The fourth-order valence-corrected chi connectivity index (χ4v) is 2.69. The van der Waals surface area contributed by atoms with Gasteiger partial charge in [0.25, 0.3) is 0 Å². The molecule has 3 rings (SSSR count). The van der Waals surface area contributed by atoms with Gasteiger partial charge >= 0.3 is 0 Å². The molecule has 0 N–H and O–H groups in total. The van der Waals surface area contributed by atoms with Crippen LogP contribution in [-0.2, 0) is 25.5 Å². The van der Waals surface area contributed by atoms with Crippen LogP contribution >= 0.6 is 0 Å². The molecule has 0 unspecified atom stereocenters. The van der Waals surface area contributed by atoms with E-state index in [1.165, 1.54) is 6.07 Å². The molecule has 1 aliphatic carbocycles. The van der Waals surface area contributed by atoms with Gasteiger partial charge in [-0.2, -0.15) is 5.26 Å². The van der Waals surface area contributed by atoms with Crippen molar-refractivity contribution in [3.05, 3.63) is 53.0 Å². The van der Waals surface area contributed by atoms with Gasteiger partial charge in [-0.05, 0) is 17.2 Å². The first-order chi connectivity index (χ1) is 8.57. The Bertz CT molecular complexity index is 702. The summed E-state index contributed by atoms with van der Waals surface area (Å²) in [6.45, 7) is 3.96. The van der Waals surface area contributed by atoms with E-state index >= 15 is 0 Å². The van der Waals surface area contributed by atoms with Gasteiger partial charge in [0.2, 0.25) is 0 Å². The van der Waals surface area contributed by atoms with E-state index in [1.54, 1.807) is 6.20 Å². The molecular weight excluding hydrogens is 419 g/mol. The molecule has 2 aromatic rings. The van der Waals surface area contributed by atoms with E-state index < -0.39 is 11.2 Å². The van der Waals surface area contributed by atoms with Crippen LogP contribution in [0.4, 0.5) is 4.39 Å². The number of rotatable bonds is 0. The summed E-state index contributed by atoms with van der Waals surface area (Å²) in [7, 11) is 0. The molecule has 1 aromatic carbocycles. The predicted molar refractivity (Wildman–Crippen MR) is 65.3 cm³/mol. The van der Waals surface area contributed by atoms with Crippen molar-refractivity contribution in [3.8, 4) is 17.3 Å². The van der Waals surface area contributed by atoms with Crippen LogP contribution in [0.2, 0.25) is 0 Å². The number of benzene rings is 1. The van der Waals surface area contributed by atoms with E-state index in [-0.39, 0.29) is 25.7 Å². The van der Waals surface area contributed by atoms with Gasteiger partial charge in [0, 0.05) is 31.9 Å². The van der Waals surface area contributed by atoms with Gasteiger partial charge in [-0.3, -0.25) is 4.39 Å². The molecule has 0 aliphatic heterocycles. The Labute approximate surface area is 124 Å². The van der Waals surface area contributed by atoms with Crippen molar-refractivity contribution < 1.29 is 24.5 Å². The molecule has 0 spiro atoms. The molecule has 19 heavy (non-hydrogen) atoms. The minimum absolute atomic E-state index is 0. The molecule has 1 aromatic heterocycles. The average molecular weight is 429 g/mol. The quantitative estimate of drug-likeness (QED) is 0.603. The summed E-state index contributed by atoms with van der Waals surface area (Å²) in [6.07, 6.45) is 1.70. The van der Waals surface area contributed by atoms with E-state index in [1.807, 2.05) is 32.0 Å². The predicted octanol–water partition coefficient (Wildman–Crippen LogP) is 3.20. The summed E-state index contributed by atoms with van der Waals surface area (Å²) in [6, 6.07) is 9.92. The summed E-state index contributed by atoms with van der Waals surface area (Å²) in [5.41, 5.74) is 2.94. The molecule has 1 aliphatic rings. The fraction of sp³-hybridized carbons (Fsp3) is 0.200. The molecule has 0 fully saturated rings. The Kier molecular flexibility index (Phi) is 3.30. The molecule has 0 bridgehead atoms. The Hall–Kier alpha value is -1.56. The van der Waals surface area contributed by atoms with E-state index in [4.69, 9.17) is 5.26 Å². The van der Waals surface area contributed by atoms with E-state index in [9.17, 15) is 4.39 Å². The molecule has 97 valence electrons. The first-order valence-electron chi connectivity index (χ1n) is 5.68. The summed E-state index contributed by atoms with van der Waals surface area (Å²) < 4.78 is 13.7. The smallest absolute Gasteiger partial charge is 0.0821 e. The Morgan fingerprint density at radius 3 is 2.84 bits per heavy atom. The third-order valence-corrected chi connectivity index (χ3v) is 3.54. The van der Waals surface area contributed by atoms with Gasteiger partial charge in [0.15, 0.2) is 0 Å². The standard InChI is InChI=1S/C15H10FN2.Ir/c1-15(2)11-4-3-7-18-14(11)9-5-6-12(16)10(8-17)13(9)15;/h3-4,6-7H,1-2H3;/q-1;. The van der Waals surface area contributed by atoms with E-state index in [0.717, 1.165) is 16.8 Å².